The first-order chi connectivity index (χ1) is 17.0. The van der Waals surface area contributed by atoms with Gasteiger partial charge in [0.05, 0.1) is 5.92 Å². The Balaban J connectivity index is 1.29. The number of allylic oxidation sites excluding steroid dienone is 1. The van der Waals surface area contributed by atoms with Crippen molar-refractivity contribution >= 4 is 35.4 Å². The van der Waals surface area contributed by atoms with Crippen LogP contribution in [0, 0.1) is 5.92 Å². The van der Waals surface area contributed by atoms with Gasteiger partial charge < -0.3 is 14.7 Å². The van der Waals surface area contributed by atoms with Crippen molar-refractivity contribution in [2.75, 3.05) is 23.3 Å². The first-order valence-electron chi connectivity index (χ1n) is 11.3. The number of hydrogen-bond acceptors (Lipinski definition) is 6. The second kappa shape index (κ2) is 11.1. The van der Waals surface area contributed by atoms with Crippen LogP contribution in [-0.2, 0) is 4.79 Å². The van der Waals surface area contributed by atoms with E-state index in [-0.39, 0.29) is 11.7 Å². The zero-order valence-corrected chi connectivity index (χ0v) is 19.0. The van der Waals surface area contributed by atoms with Gasteiger partial charge in [0.1, 0.15) is 11.6 Å². The van der Waals surface area contributed by atoms with E-state index < -0.39 is 12.1 Å². The third-order valence-corrected chi connectivity index (χ3v) is 5.74. The summed E-state index contributed by atoms with van der Waals surface area (Å²) < 4.78 is 5.18. The van der Waals surface area contributed by atoms with Crippen molar-refractivity contribution in [1.82, 2.24) is 4.98 Å². The summed E-state index contributed by atoms with van der Waals surface area (Å²) in [6.07, 6.45) is 5.46. The van der Waals surface area contributed by atoms with Gasteiger partial charge in [-0.3, -0.25) is 14.9 Å². The fourth-order valence-corrected chi connectivity index (χ4v) is 3.76. The summed E-state index contributed by atoms with van der Waals surface area (Å²) >= 11 is 0. The maximum absolute atomic E-state index is 12.5. The number of carboxylic acid groups (broad SMARTS) is 1. The lowest BCUT2D eigenvalue weighted by Gasteiger charge is -2.30. The van der Waals surface area contributed by atoms with Crippen molar-refractivity contribution in [3.05, 3.63) is 90.1 Å². The highest BCUT2D eigenvalue weighted by Gasteiger charge is 2.24. The number of benzene rings is 2. The molecule has 1 saturated heterocycles. The highest BCUT2D eigenvalue weighted by atomic mass is 16.6. The number of amides is 1. The van der Waals surface area contributed by atoms with E-state index in [1.165, 1.54) is 6.08 Å². The molecule has 1 aromatic heterocycles. The molecule has 1 aliphatic heterocycles. The van der Waals surface area contributed by atoms with Gasteiger partial charge in [0.2, 0.25) is 0 Å². The largest absolute Gasteiger partial charge is 0.481 e. The Kier molecular flexibility index (Phi) is 7.52. The number of ether oxygens (including phenoxy) is 1. The normalized spacial score (nSPS) is 14.0. The molecule has 178 valence electrons. The fourth-order valence-electron chi connectivity index (χ4n) is 3.76. The lowest BCUT2D eigenvalue weighted by molar-refractivity contribution is -0.142. The minimum Gasteiger partial charge on any atom is -0.481 e. The standard InChI is InChI=1S/C27H25N3O5/c31-24(20-8-10-22(11-9-20)29-27(34)35-23-4-2-1-3-5-23)12-6-19-7-13-25(28-18-19)30-16-14-21(15-17-30)26(32)33/h1-13,18,21H,14-17H2,(H,29,34)(H,32,33). The number of hydrogen-bond donors (Lipinski definition) is 2. The quantitative estimate of drug-likeness (QED) is 0.373. The summed E-state index contributed by atoms with van der Waals surface area (Å²) in [4.78, 5) is 42.1. The van der Waals surface area contributed by atoms with Crippen LogP contribution in [0.4, 0.5) is 16.3 Å². The summed E-state index contributed by atoms with van der Waals surface area (Å²) in [6, 6.07) is 19.0. The molecule has 0 atom stereocenters. The van der Waals surface area contributed by atoms with E-state index in [4.69, 9.17) is 9.84 Å². The summed E-state index contributed by atoms with van der Waals surface area (Å²) in [5.74, 6) is 0.0355. The number of aliphatic carboxylic acids is 1. The predicted molar refractivity (Wildman–Crippen MR) is 133 cm³/mol. The molecule has 0 bridgehead atoms. The van der Waals surface area contributed by atoms with Crippen LogP contribution in [-0.4, -0.2) is 41.0 Å². The first kappa shape index (κ1) is 23.7. The molecule has 2 heterocycles. The molecule has 0 radical (unpaired) electrons. The van der Waals surface area contributed by atoms with Crippen molar-refractivity contribution in [1.29, 1.82) is 0 Å². The molecule has 0 unspecified atom stereocenters. The van der Waals surface area contributed by atoms with Crippen molar-refractivity contribution in [2.24, 2.45) is 5.92 Å². The molecule has 35 heavy (non-hydrogen) atoms. The molecule has 4 rings (SSSR count). The van der Waals surface area contributed by atoms with E-state index in [1.54, 1.807) is 60.8 Å². The number of carbonyl (C=O) groups excluding carboxylic acids is 2. The molecule has 8 heteroatoms. The first-order valence-corrected chi connectivity index (χ1v) is 11.3. The SMILES string of the molecule is O=C(Nc1ccc(C(=O)C=Cc2ccc(N3CCC(C(=O)O)CC3)nc2)cc1)Oc1ccccc1. The highest BCUT2D eigenvalue weighted by Crippen LogP contribution is 2.22. The average Bonchev–Trinajstić information content (AvgIpc) is 2.88. The van der Waals surface area contributed by atoms with E-state index in [0.717, 1.165) is 11.4 Å². The third kappa shape index (κ3) is 6.54. The Morgan fingerprint density at radius 2 is 1.69 bits per heavy atom. The molecule has 1 fully saturated rings. The second-order valence-corrected chi connectivity index (χ2v) is 8.15. The Labute approximate surface area is 202 Å². The molecule has 2 aromatic carbocycles. The van der Waals surface area contributed by atoms with Gasteiger partial charge in [-0.05, 0) is 79.1 Å². The number of pyridine rings is 1. The Morgan fingerprint density at radius 3 is 2.31 bits per heavy atom. The van der Waals surface area contributed by atoms with Crippen LogP contribution in [0.3, 0.4) is 0 Å². The third-order valence-electron chi connectivity index (χ3n) is 5.74. The summed E-state index contributed by atoms with van der Waals surface area (Å²) in [5.41, 5.74) is 1.78. The van der Waals surface area contributed by atoms with Crippen LogP contribution in [0.5, 0.6) is 5.75 Å². The molecule has 0 aliphatic carbocycles. The maximum Gasteiger partial charge on any atom is 0.417 e. The van der Waals surface area contributed by atoms with Gasteiger partial charge >= 0.3 is 12.1 Å². The lowest BCUT2D eigenvalue weighted by Crippen LogP contribution is -2.36. The smallest absolute Gasteiger partial charge is 0.417 e. The predicted octanol–water partition coefficient (Wildman–Crippen LogP) is 4.89. The van der Waals surface area contributed by atoms with Crippen molar-refractivity contribution in [2.45, 2.75) is 12.8 Å². The van der Waals surface area contributed by atoms with Crippen molar-refractivity contribution in [3.63, 3.8) is 0 Å². The maximum atomic E-state index is 12.5. The molecule has 0 spiro atoms. The molecular formula is C27H25N3O5. The zero-order valence-electron chi connectivity index (χ0n) is 19.0. The van der Waals surface area contributed by atoms with Crippen molar-refractivity contribution in [3.8, 4) is 5.75 Å². The van der Waals surface area contributed by atoms with Crippen LogP contribution in [0.1, 0.15) is 28.8 Å². The molecule has 1 aliphatic rings. The Hall–Kier alpha value is -4.46. The number of anilines is 2. The van der Waals surface area contributed by atoms with Crippen LogP contribution in [0.15, 0.2) is 79.0 Å². The van der Waals surface area contributed by atoms with Crippen LogP contribution < -0.4 is 15.0 Å². The molecule has 8 nitrogen and oxygen atoms in total. The lowest BCUT2D eigenvalue weighted by atomic mass is 9.97. The number of para-hydroxylation sites is 1. The minimum atomic E-state index is -0.737. The van der Waals surface area contributed by atoms with Gasteiger partial charge in [0, 0.05) is 30.5 Å². The second-order valence-electron chi connectivity index (χ2n) is 8.15. The number of nitrogens with one attached hydrogen (secondary N) is 1. The molecule has 1 amide bonds. The van der Waals surface area contributed by atoms with Gasteiger partial charge in [-0.2, -0.15) is 0 Å². The summed E-state index contributed by atoms with van der Waals surface area (Å²) in [6.45, 7) is 1.32. The highest BCUT2D eigenvalue weighted by molar-refractivity contribution is 6.07. The van der Waals surface area contributed by atoms with Gasteiger partial charge in [-0.25, -0.2) is 9.78 Å². The van der Waals surface area contributed by atoms with E-state index in [2.05, 4.69) is 15.2 Å². The van der Waals surface area contributed by atoms with Crippen LogP contribution >= 0.6 is 0 Å². The molecule has 2 N–H and O–H groups in total. The van der Waals surface area contributed by atoms with E-state index >= 15 is 0 Å². The molecule has 3 aromatic rings. The van der Waals surface area contributed by atoms with Gasteiger partial charge in [0.25, 0.3) is 0 Å². The number of carbonyl (C=O) groups is 3. The number of piperidine rings is 1. The average molecular weight is 472 g/mol. The van der Waals surface area contributed by atoms with E-state index in [0.29, 0.717) is 42.9 Å². The van der Waals surface area contributed by atoms with Crippen LogP contribution in [0.2, 0.25) is 0 Å². The van der Waals surface area contributed by atoms with Crippen molar-refractivity contribution < 1.29 is 24.2 Å². The fraction of sp³-hybridized carbons (Fsp3) is 0.185. The summed E-state index contributed by atoms with van der Waals surface area (Å²) in [7, 11) is 0. The number of carboxylic acids is 1. The van der Waals surface area contributed by atoms with E-state index in [1.807, 2.05) is 18.2 Å². The van der Waals surface area contributed by atoms with Gasteiger partial charge in [-0.15, -0.1) is 0 Å². The number of ketones is 1. The topological polar surface area (TPSA) is 109 Å². The zero-order chi connectivity index (χ0) is 24.6. The Morgan fingerprint density at radius 1 is 0.971 bits per heavy atom. The summed E-state index contributed by atoms with van der Waals surface area (Å²) in [5, 5.41) is 11.7. The minimum absolute atomic E-state index is 0.178. The number of nitrogens with zero attached hydrogens (tertiary/aromatic N) is 2. The Bertz CT molecular complexity index is 1200. The molecule has 0 saturated carbocycles. The molecular weight excluding hydrogens is 446 g/mol. The van der Waals surface area contributed by atoms with Gasteiger partial charge in [-0.1, -0.05) is 18.2 Å². The van der Waals surface area contributed by atoms with Crippen LogP contribution in [0.25, 0.3) is 6.08 Å². The van der Waals surface area contributed by atoms with Gasteiger partial charge in [0.15, 0.2) is 5.78 Å². The number of rotatable bonds is 7. The number of aromatic nitrogens is 1. The monoisotopic (exact) mass is 471 g/mol. The van der Waals surface area contributed by atoms with E-state index in [9.17, 15) is 14.4 Å².